The van der Waals surface area contributed by atoms with Crippen molar-refractivity contribution in [2.24, 2.45) is 0 Å². The molecular formula is C30H29Cl2N5OS. The van der Waals surface area contributed by atoms with Crippen LogP contribution in [0.4, 0.5) is 5.69 Å². The fourth-order valence-corrected chi connectivity index (χ4v) is 6.01. The van der Waals surface area contributed by atoms with Crippen LogP contribution in [0.3, 0.4) is 0 Å². The molecule has 2 atom stereocenters. The summed E-state index contributed by atoms with van der Waals surface area (Å²) in [6.45, 7) is 6.59. The molecule has 4 aromatic rings. The molecule has 0 saturated carbocycles. The molecule has 1 aliphatic heterocycles. The number of pyridine rings is 1. The maximum Gasteiger partial charge on any atom is 0.226 e. The van der Waals surface area contributed by atoms with Gasteiger partial charge < -0.3 is 20.1 Å². The first-order valence-electron chi connectivity index (χ1n) is 12.7. The number of aromatic nitrogens is 2. The third kappa shape index (κ3) is 5.66. The lowest BCUT2D eigenvalue weighted by molar-refractivity contribution is -0.116. The molecule has 0 spiro atoms. The summed E-state index contributed by atoms with van der Waals surface area (Å²) in [5.74, 6) is -0.0693. The summed E-state index contributed by atoms with van der Waals surface area (Å²) < 4.78 is 2.13. The Bertz CT molecular complexity index is 1520. The molecule has 0 bridgehead atoms. The predicted octanol–water partition coefficient (Wildman–Crippen LogP) is 7.11. The number of benzene rings is 2. The smallest absolute Gasteiger partial charge is 0.226 e. The molecule has 2 aromatic heterocycles. The second-order valence-corrected chi connectivity index (χ2v) is 11.0. The van der Waals surface area contributed by atoms with E-state index in [0.29, 0.717) is 21.7 Å². The minimum atomic E-state index is -0.187. The summed E-state index contributed by atoms with van der Waals surface area (Å²) in [6.07, 6.45) is 2.06. The number of rotatable bonds is 7. The summed E-state index contributed by atoms with van der Waals surface area (Å²) >= 11 is 18.6. The van der Waals surface area contributed by atoms with Gasteiger partial charge in [-0.1, -0.05) is 47.0 Å². The van der Waals surface area contributed by atoms with Gasteiger partial charge in [0.25, 0.3) is 0 Å². The van der Waals surface area contributed by atoms with Crippen LogP contribution in [0.15, 0.2) is 72.9 Å². The van der Waals surface area contributed by atoms with E-state index in [4.69, 9.17) is 35.4 Å². The average molecular weight is 579 g/mol. The van der Waals surface area contributed by atoms with E-state index >= 15 is 0 Å². The molecule has 0 unspecified atom stereocenters. The number of halogens is 2. The van der Waals surface area contributed by atoms with Gasteiger partial charge in [-0.3, -0.25) is 9.78 Å². The van der Waals surface area contributed by atoms with Crippen molar-refractivity contribution in [1.82, 2.24) is 19.8 Å². The predicted molar refractivity (Wildman–Crippen MR) is 162 cm³/mol. The summed E-state index contributed by atoms with van der Waals surface area (Å²) in [5.41, 5.74) is 6.80. The van der Waals surface area contributed by atoms with Gasteiger partial charge in [-0.25, -0.2) is 0 Å². The lowest BCUT2D eigenvalue weighted by atomic mass is 9.96. The Hall–Kier alpha value is -3.39. The molecule has 5 rings (SSSR count). The summed E-state index contributed by atoms with van der Waals surface area (Å²) in [6, 6.07) is 20.9. The van der Waals surface area contributed by atoms with E-state index in [1.807, 2.05) is 61.5 Å². The Morgan fingerprint density at radius 3 is 2.51 bits per heavy atom. The van der Waals surface area contributed by atoms with Crippen LogP contribution in [-0.2, 0) is 4.79 Å². The Kier molecular flexibility index (Phi) is 7.93. The third-order valence-electron chi connectivity index (χ3n) is 7.05. The number of anilines is 1. The van der Waals surface area contributed by atoms with Crippen LogP contribution in [0.25, 0.3) is 5.69 Å². The Labute approximate surface area is 244 Å². The molecular weight excluding hydrogens is 549 g/mol. The molecule has 3 heterocycles. The number of aryl methyl sites for hydroxylation is 2. The SMILES string of the molecule is Cc1ccc(NC(=O)CCN2C(=S)N[C@H](c3ccccn3)[C@H]2c2cc(C)n(-c3ccc(Cl)cc3Cl)c2C)cc1. The van der Waals surface area contributed by atoms with Gasteiger partial charge in [0.05, 0.1) is 28.5 Å². The van der Waals surface area contributed by atoms with E-state index in [1.165, 1.54) is 0 Å². The maximum atomic E-state index is 12.9. The normalized spacial score (nSPS) is 16.8. The first-order chi connectivity index (χ1) is 18.7. The third-order valence-corrected chi connectivity index (χ3v) is 7.94. The van der Waals surface area contributed by atoms with Crippen molar-refractivity contribution in [1.29, 1.82) is 0 Å². The van der Waals surface area contributed by atoms with Gasteiger partial charge in [0.2, 0.25) is 5.91 Å². The highest BCUT2D eigenvalue weighted by molar-refractivity contribution is 7.80. The first kappa shape index (κ1) is 27.2. The van der Waals surface area contributed by atoms with Crippen molar-refractivity contribution in [2.75, 3.05) is 11.9 Å². The number of thiocarbonyl (C=S) groups is 1. The topological polar surface area (TPSA) is 62.2 Å². The molecule has 1 aliphatic rings. The van der Waals surface area contributed by atoms with Gasteiger partial charge in [0.15, 0.2) is 5.11 Å². The lowest BCUT2D eigenvalue weighted by Crippen LogP contribution is -2.32. The molecule has 1 saturated heterocycles. The van der Waals surface area contributed by atoms with E-state index in [1.54, 1.807) is 12.3 Å². The number of carbonyl (C=O) groups excluding carboxylic acids is 1. The second kappa shape index (κ2) is 11.4. The molecule has 2 aromatic carbocycles. The van der Waals surface area contributed by atoms with Crippen LogP contribution in [0.5, 0.6) is 0 Å². The number of hydrogen-bond acceptors (Lipinski definition) is 3. The van der Waals surface area contributed by atoms with Crippen LogP contribution < -0.4 is 10.6 Å². The summed E-state index contributed by atoms with van der Waals surface area (Å²) in [4.78, 5) is 19.6. The van der Waals surface area contributed by atoms with Gasteiger partial charge in [0, 0.05) is 41.3 Å². The van der Waals surface area contributed by atoms with Gasteiger partial charge in [-0.15, -0.1) is 0 Å². The number of nitrogens with zero attached hydrogens (tertiary/aromatic N) is 3. The van der Waals surface area contributed by atoms with Crippen LogP contribution in [0, 0.1) is 20.8 Å². The largest absolute Gasteiger partial charge is 0.352 e. The molecule has 200 valence electrons. The van der Waals surface area contributed by atoms with Gasteiger partial charge in [0.1, 0.15) is 0 Å². The highest BCUT2D eigenvalue weighted by Gasteiger charge is 2.41. The monoisotopic (exact) mass is 577 g/mol. The van der Waals surface area contributed by atoms with E-state index in [0.717, 1.165) is 39.6 Å². The number of carbonyl (C=O) groups is 1. The van der Waals surface area contributed by atoms with Crippen molar-refractivity contribution in [2.45, 2.75) is 39.3 Å². The molecule has 0 radical (unpaired) electrons. The van der Waals surface area contributed by atoms with Crippen molar-refractivity contribution in [3.63, 3.8) is 0 Å². The fraction of sp³-hybridized carbons (Fsp3) is 0.233. The van der Waals surface area contributed by atoms with Crippen molar-refractivity contribution in [3.05, 3.63) is 111 Å². The Morgan fingerprint density at radius 2 is 1.82 bits per heavy atom. The highest BCUT2D eigenvalue weighted by Crippen LogP contribution is 2.42. The quantitative estimate of drug-likeness (QED) is 0.229. The molecule has 2 N–H and O–H groups in total. The van der Waals surface area contributed by atoms with Crippen LogP contribution in [0.2, 0.25) is 10.0 Å². The summed E-state index contributed by atoms with van der Waals surface area (Å²) in [7, 11) is 0. The summed E-state index contributed by atoms with van der Waals surface area (Å²) in [5, 5.41) is 8.21. The highest BCUT2D eigenvalue weighted by atomic mass is 35.5. The Balaban J connectivity index is 1.48. The van der Waals surface area contributed by atoms with E-state index in [2.05, 4.69) is 45.0 Å². The molecule has 0 aliphatic carbocycles. The minimum absolute atomic E-state index is 0.0693. The van der Waals surface area contributed by atoms with E-state index in [-0.39, 0.29) is 24.4 Å². The number of nitrogens with one attached hydrogen (secondary N) is 2. The van der Waals surface area contributed by atoms with Crippen LogP contribution in [-0.4, -0.2) is 32.0 Å². The zero-order valence-electron chi connectivity index (χ0n) is 21.9. The molecule has 6 nitrogen and oxygen atoms in total. The van der Waals surface area contributed by atoms with E-state index in [9.17, 15) is 4.79 Å². The Morgan fingerprint density at radius 1 is 1.05 bits per heavy atom. The fourth-order valence-electron chi connectivity index (χ4n) is 5.19. The second-order valence-electron chi connectivity index (χ2n) is 9.74. The molecule has 1 amide bonds. The minimum Gasteiger partial charge on any atom is -0.352 e. The molecule has 1 fully saturated rings. The van der Waals surface area contributed by atoms with Crippen LogP contribution >= 0.6 is 35.4 Å². The lowest BCUT2D eigenvalue weighted by Gasteiger charge is -2.28. The maximum absolute atomic E-state index is 12.9. The van der Waals surface area contributed by atoms with Crippen molar-refractivity contribution in [3.8, 4) is 5.69 Å². The van der Waals surface area contributed by atoms with Gasteiger partial charge in [-0.2, -0.15) is 0 Å². The number of amides is 1. The van der Waals surface area contributed by atoms with E-state index < -0.39 is 0 Å². The van der Waals surface area contributed by atoms with Crippen molar-refractivity contribution < 1.29 is 4.79 Å². The van der Waals surface area contributed by atoms with Crippen LogP contribution in [0.1, 0.15) is 46.7 Å². The van der Waals surface area contributed by atoms with Gasteiger partial charge in [-0.05, 0) is 87.1 Å². The standard InChI is InChI=1S/C30H29Cl2N5OS/c1-18-7-10-22(11-8-18)34-27(38)13-15-36-29(28(35-30(36)39)25-6-4-5-14-33-25)23-16-19(2)37(20(23)3)26-12-9-21(31)17-24(26)32/h4-12,14,16-17,28-29H,13,15H2,1-3H3,(H,34,38)(H,35,39)/t28-,29-/m1/s1. The van der Waals surface area contributed by atoms with Gasteiger partial charge >= 0.3 is 0 Å². The molecule has 39 heavy (non-hydrogen) atoms. The zero-order valence-corrected chi connectivity index (χ0v) is 24.2. The number of hydrogen-bond donors (Lipinski definition) is 2. The zero-order chi connectivity index (χ0) is 27.7. The molecule has 9 heteroatoms. The average Bonchev–Trinajstić information content (AvgIpc) is 3.39. The first-order valence-corrected chi connectivity index (χ1v) is 13.9. The van der Waals surface area contributed by atoms with Crippen molar-refractivity contribution >= 4 is 52.1 Å².